The van der Waals surface area contributed by atoms with Crippen molar-refractivity contribution >= 4 is 11.9 Å². The molecule has 2 aliphatic rings. The van der Waals surface area contributed by atoms with Gasteiger partial charge in [0.05, 0.1) is 6.61 Å². The smallest absolute Gasteiger partial charge is 0.322 e. The van der Waals surface area contributed by atoms with E-state index < -0.39 is 0 Å². The molecule has 0 aromatic rings. The van der Waals surface area contributed by atoms with E-state index in [0.717, 1.165) is 19.4 Å². The van der Waals surface area contributed by atoms with Crippen LogP contribution in [0.1, 0.15) is 39.5 Å². The summed E-state index contributed by atoms with van der Waals surface area (Å²) in [4.78, 5) is 25.4. The van der Waals surface area contributed by atoms with E-state index in [4.69, 9.17) is 4.74 Å². The normalized spacial score (nSPS) is 29.0. The summed E-state index contributed by atoms with van der Waals surface area (Å²) in [6.07, 6.45) is 3.82. The van der Waals surface area contributed by atoms with Crippen LogP contribution in [0.15, 0.2) is 0 Å². The highest BCUT2D eigenvalue weighted by molar-refractivity contribution is 5.80. The Labute approximate surface area is 108 Å². The molecule has 2 heterocycles. The third-order valence-electron chi connectivity index (χ3n) is 3.83. The van der Waals surface area contributed by atoms with Crippen molar-refractivity contribution in [1.82, 2.24) is 10.2 Å². The Kier molecular flexibility index (Phi) is 4.22. The second kappa shape index (κ2) is 5.69. The van der Waals surface area contributed by atoms with Gasteiger partial charge in [0, 0.05) is 25.0 Å². The van der Waals surface area contributed by atoms with Crippen LogP contribution < -0.4 is 5.32 Å². The van der Waals surface area contributed by atoms with Gasteiger partial charge in [0.25, 0.3) is 0 Å². The summed E-state index contributed by atoms with van der Waals surface area (Å²) < 4.78 is 4.98. The number of nitrogens with zero attached hydrogens (tertiary/aromatic N) is 1. The Hall–Kier alpha value is -1.10. The van der Waals surface area contributed by atoms with Crippen LogP contribution in [-0.2, 0) is 14.3 Å². The van der Waals surface area contributed by atoms with E-state index >= 15 is 0 Å². The van der Waals surface area contributed by atoms with Gasteiger partial charge in [0.15, 0.2) is 0 Å². The van der Waals surface area contributed by atoms with Crippen LogP contribution in [0.3, 0.4) is 0 Å². The largest absolute Gasteiger partial charge is 0.465 e. The van der Waals surface area contributed by atoms with Crippen LogP contribution in [0, 0.1) is 0 Å². The monoisotopic (exact) mass is 254 g/mol. The van der Waals surface area contributed by atoms with Gasteiger partial charge in [-0.05, 0) is 33.1 Å². The van der Waals surface area contributed by atoms with Crippen LogP contribution in [0.5, 0.6) is 0 Å². The SMILES string of the molecule is CCOC(=O)C(C)NC1CC(=O)N2CCCCC12. The molecule has 0 bridgehead atoms. The first-order valence-corrected chi connectivity index (χ1v) is 6.85. The maximum atomic E-state index is 11.9. The molecule has 3 atom stereocenters. The summed E-state index contributed by atoms with van der Waals surface area (Å²) >= 11 is 0. The summed E-state index contributed by atoms with van der Waals surface area (Å²) in [6, 6.07) is 0.0185. The summed E-state index contributed by atoms with van der Waals surface area (Å²) in [7, 11) is 0. The molecule has 0 saturated carbocycles. The standard InChI is InChI=1S/C13H22N2O3/c1-3-18-13(17)9(2)14-10-8-12(16)15-7-5-4-6-11(10)15/h9-11,14H,3-8H2,1-2H3. The van der Waals surface area contributed by atoms with Crippen molar-refractivity contribution in [2.45, 2.75) is 57.7 Å². The Morgan fingerprint density at radius 3 is 3.06 bits per heavy atom. The minimum absolute atomic E-state index is 0.0946. The topological polar surface area (TPSA) is 58.6 Å². The molecular weight excluding hydrogens is 232 g/mol. The lowest BCUT2D eigenvalue weighted by atomic mass is 9.98. The Morgan fingerprint density at radius 1 is 1.56 bits per heavy atom. The molecule has 5 nitrogen and oxygen atoms in total. The van der Waals surface area contributed by atoms with Crippen molar-refractivity contribution < 1.29 is 14.3 Å². The first kappa shape index (κ1) is 13.3. The number of carbonyl (C=O) groups excluding carboxylic acids is 2. The highest BCUT2D eigenvalue weighted by Gasteiger charge is 2.41. The van der Waals surface area contributed by atoms with Gasteiger partial charge in [-0.1, -0.05) is 0 Å². The highest BCUT2D eigenvalue weighted by Crippen LogP contribution is 2.28. The van der Waals surface area contributed by atoms with Gasteiger partial charge in [0.1, 0.15) is 6.04 Å². The molecule has 1 amide bonds. The minimum atomic E-state index is -0.343. The number of ether oxygens (including phenoxy) is 1. The summed E-state index contributed by atoms with van der Waals surface area (Å²) in [6.45, 7) is 4.86. The predicted octanol–water partition coefficient (Wildman–Crippen LogP) is 0.681. The van der Waals surface area contributed by atoms with E-state index in [2.05, 4.69) is 5.32 Å². The number of piperidine rings is 1. The number of nitrogens with one attached hydrogen (secondary N) is 1. The molecule has 2 aliphatic heterocycles. The number of hydrogen-bond acceptors (Lipinski definition) is 4. The summed E-state index contributed by atoms with van der Waals surface area (Å²) in [5.41, 5.74) is 0. The maximum Gasteiger partial charge on any atom is 0.322 e. The van der Waals surface area contributed by atoms with Gasteiger partial charge in [-0.2, -0.15) is 0 Å². The number of hydrogen-bond donors (Lipinski definition) is 1. The number of amides is 1. The molecule has 0 radical (unpaired) electrons. The number of fused-ring (bicyclic) bond motifs is 1. The molecule has 0 spiro atoms. The molecule has 0 aromatic heterocycles. The third kappa shape index (κ3) is 2.66. The molecule has 2 fully saturated rings. The molecule has 5 heteroatoms. The van der Waals surface area contributed by atoms with Gasteiger partial charge in [-0.25, -0.2) is 0 Å². The Bertz CT molecular complexity index is 332. The lowest BCUT2D eigenvalue weighted by molar-refractivity contribution is -0.145. The van der Waals surface area contributed by atoms with Crippen molar-refractivity contribution in [2.75, 3.05) is 13.2 Å². The number of esters is 1. The van der Waals surface area contributed by atoms with Gasteiger partial charge in [-0.15, -0.1) is 0 Å². The summed E-state index contributed by atoms with van der Waals surface area (Å²) in [5.74, 6) is -0.0209. The van der Waals surface area contributed by atoms with Crippen molar-refractivity contribution in [3.05, 3.63) is 0 Å². The predicted molar refractivity (Wildman–Crippen MR) is 67.0 cm³/mol. The maximum absolute atomic E-state index is 11.9. The molecule has 2 saturated heterocycles. The average molecular weight is 254 g/mol. The molecule has 102 valence electrons. The zero-order valence-electron chi connectivity index (χ0n) is 11.1. The first-order chi connectivity index (χ1) is 8.63. The van der Waals surface area contributed by atoms with Crippen molar-refractivity contribution in [3.8, 4) is 0 Å². The fourth-order valence-corrected chi connectivity index (χ4v) is 2.95. The fraction of sp³-hybridized carbons (Fsp3) is 0.846. The number of carbonyl (C=O) groups is 2. The highest BCUT2D eigenvalue weighted by atomic mass is 16.5. The van der Waals surface area contributed by atoms with Gasteiger partial charge < -0.3 is 9.64 Å². The van der Waals surface area contributed by atoms with Crippen LogP contribution in [0.25, 0.3) is 0 Å². The zero-order chi connectivity index (χ0) is 13.1. The van der Waals surface area contributed by atoms with E-state index in [9.17, 15) is 9.59 Å². The van der Waals surface area contributed by atoms with Gasteiger partial charge in [0.2, 0.25) is 5.91 Å². The quantitative estimate of drug-likeness (QED) is 0.750. The Balaban J connectivity index is 1.93. The van der Waals surface area contributed by atoms with Gasteiger partial charge >= 0.3 is 5.97 Å². The van der Waals surface area contributed by atoms with Crippen molar-refractivity contribution in [1.29, 1.82) is 0 Å². The van der Waals surface area contributed by atoms with Crippen LogP contribution in [0.2, 0.25) is 0 Å². The molecule has 0 aliphatic carbocycles. The Morgan fingerprint density at radius 2 is 2.33 bits per heavy atom. The van der Waals surface area contributed by atoms with Crippen LogP contribution >= 0.6 is 0 Å². The molecule has 18 heavy (non-hydrogen) atoms. The lowest BCUT2D eigenvalue weighted by Crippen LogP contribution is -2.50. The average Bonchev–Trinajstić information content (AvgIpc) is 2.67. The minimum Gasteiger partial charge on any atom is -0.465 e. The van der Waals surface area contributed by atoms with E-state index in [0.29, 0.717) is 13.0 Å². The molecule has 3 unspecified atom stereocenters. The van der Waals surface area contributed by atoms with Crippen molar-refractivity contribution in [2.24, 2.45) is 0 Å². The van der Waals surface area contributed by atoms with E-state index in [1.165, 1.54) is 6.42 Å². The fourth-order valence-electron chi connectivity index (χ4n) is 2.95. The second-order valence-electron chi connectivity index (χ2n) is 5.10. The molecular formula is C13H22N2O3. The molecule has 1 N–H and O–H groups in total. The molecule has 0 aromatic carbocycles. The van der Waals surface area contributed by atoms with E-state index in [-0.39, 0.29) is 30.0 Å². The van der Waals surface area contributed by atoms with Crippen molar-refractivity contribution in [3.63, 3.8) is 0 Å². The second-order valence-corrected chi connectivity index (χ2v) is 5.10. The van der Waals surface area contributed by atoms with Gasteiger partial charge in [-0.3, -0.25) is 14.9 Å². The lowest BCUT2D eigenvalue weighted by Gasteiger charge is -2.33. The number of rotatable bonds is 4. The summed E-state index contributed by atoms with van der Waals surface area (Å²) in [5, 5.41) is 3.26. The van der Waals surface area contributed by atoms with Crippen LogP contribution in [0.4, 0.5) is 0 Å². The molecule has 2 rings (SSSR count). The van der Waals surface area contributed by atoms with E-state index in [1.54, 1.807) is 13.8 Å². The third-order valence-corrected chi connectivity index (χ3v) is 3.83. The zero-order valence-corrected chi connectivity index (χ0v) is 11.1. The first-order valence-electron chi connectivity index (χ1n) is 6.85. The van der Waals surface area contributed by atoms with E-state index in [1.807, 2.05) is 4.90 Å². The van der Waals surface area contributed by atoms with Crippen LogP contribution in [-0.4, -0.2) is 48.1 Å².